The number of nitrogens with zero attached hydrogens (tertiary/aromatic N) is 2. The van der Waals surface area contributed by atoms with Crippen LogP contribution in [0.25, 0.3) is 10.8 Å². The van der Waals surface area contributed by atoms with Crippen molar-refractivity contribution in [1.29, 1.82) is 0 Å². The number of benzene rings is 2. The van der Waals surface area contributed by atoms with E-state index in [1.54, 1.807) is 0 Å². The third-order valence-corrected chi connectivity index (χ3v) is 3.59. The van der Waals surface area contributed by atoms with E-state index in [-0.39, 0.29) is 6.04 Å². The van der Waals surface area contributed by atoms with Crippen LogP contribution < -0.4 is 16.9 Å². The molecule has 2 rings (SSSR count). The number of nitrogens with two attached hydrogens (primary N) is 2. The lowest BCUT2D eigenvalue weighted by Crippen LogP contribution is -2.32. The van der Waals surface area contributed by atoms with Crippen LogP contribution in [-0.2, 0) is 0 Å². The van der Waals surface area contributed by atoms with E-state index in [0.29, 0.717) is 0 Å². The second-order valence-corrected chi connectivity index (χ2v) is 5.16. The Kier molecular flexibility index (Phi) is 5.14. The molecule has 1 unspecified atom stereocenters. The standard InChI is InChI=1S/C16H23N5/c1-12-3-4-14-10-15(6-5-13(14)9-12)16(7-8-19-2)21(18)20-11-17/h3-6,9-11,16,19H,7-8,18H2,1-2H3,(H2,17,20). The molecule has 1 atom stereocenters. The molecule has 112 valence electrons. The maximum Gasteiger partial charge on any atom is 0.107 e. The lowest BCUT2D eigenvalue weighted by molar-refractivity contribution is 0.201. The highest BCUT2D eigenvalue weighted by atomic mass is 15.6. The van der Waals surface area contributed by atoms with E-state index in [1.807, 2.05) is 7.05 Å². The number of hydrazone groups is 1. The minimum absolute atomic E-state index is 0.0112. The zero-order valence-electron chi connectivity index (χ0n) is 12.6. The van der Waals surface area contributed by atoms with Crippen LogP contribution in [0.3, 0.4) is 0 Å². The van der Waals surface area contributed by atoms with Crippen molar-refractivity contribution < 1.29 is 0 Å². The summed E-state index contributed by atoms with van der Waals surface area (Å²) in [6, 6.07) is 12.8. The Labute approximate surface area is 125 Å². The first-order valence-corrected chi connectivity index (χ1v) is 7.08. The monoisotopic (exact) mass is 285 g/mol. The van der Waals surface area contributed by atoms with Crippen molar-refractivity contribution in [2.24, 2.45) is 16.7 Å². The first-order valence-electron chi connectivity index (χ1n) is 7.08. The van der Waals surface area contributed by atoms with Crippen LogP contribution in [0, 0.1) is 6.92 Å². The molecular weight excluding hydrogens is 262 g/mol. The van der Waals surface area contributed by atoms with Gasteiger partial charge in [-0.15, -0.1) is 0 Å². The van der Waals surface area contributed by atoms with Crippen molar-refractivity contribution in [3.8, 4) is 0 Å². The minimum atomic E-state index is -0.0112. The average Bonchev–Trinajstić information content (AvgIpc) is 2.48. The highest BCUT2D eigenvalue weighted by Gasteiger charge is 2.16. The van der Waals surface area contributed by atoms with E-state index >= 15 is 0 Å². The number of aryl methyl sites for hydroxylation is 1. The molecule has 0 amide bonds. The molecule has 0 aliphatic carbocycles. The van der Waals surface area contributed by atoms with Gasteiger partial charge in [0.15, 0.2) is 0 Å². The molecule has 0 aliphatic rings. The number of rotatable bonds is 6. The van der Waals surface area contributed by atoms with E-state index in [1.165, 1.54) is 27.8 Å². The van der Waals surface area contributed by atoms with Crippen LogP contribution in [0.2, 0.25) is 0 Å². The number of hydrogen-bond donors (Lipinski definition) is 3. The van der Waals surface area contributed by atoms with Gasteiger partial charge in [0.2, 0.25) is 0 Å². The highest BCUT2D eigenvalue weighted by molar-refractivity contribution is 5.83. The van der Waals surface area contributed by atoms with E-state index < -0.39 is 0 Å². The van der Waals surface area contributed by atoms with Gasteiger partial charge in [-0.3, -0.25) is 0 Å². The minimum Gasteiger partial charge on any atom is -0.388 e. The van der Waals surface area contributed by atoms with Gasteiger partial charge in [-0.05, 0) is 49.3 Å². The number of nitrogens with one attached hydrogen (secondary N) is 1. The zero-order chi connectivity index (χ0) is 15.2. The molecule has 0 aliphatic heterocycles. The molecule has 21 heavy (non-hydrogen) atoms. The third kappa shape index (κ3) is 3.71. The van der Waals surface area contributed by atoms with Crippen molar-refractivity contribution in [3.63, 3.8) is 0 Å². The van der Waals surface area contributed by atoms with Crippen LogP contribution in [0.4, 0.5) is 0 Å². The van der Waals surface area contributed by atoms with Gasteiger partial charge in [-0.25, -0.2) is 11.0 Å². The van der Waals surface area contributed by atoms with Crippen molar-refractivity contribution in [2.45, 2.75) is 19.4 Å². The molecule has 0 heterocycles. The summed E-state index contributed by atoms with van der Waals surface area (Å²) in [4.78, 5) is 0. The summed E-state index contributed by atoms with van der Waals surface area (Å²) in [5.74, 6) is 6.00. The first kappa shape index (κ1) is 15.3. The highest BCUT2D eigenvalue weighted by Crippen LogP contribution is 2.26. The lowest BCUT2D eigenvalue weighted by atomic mass is 9.99. The molecule has 0 saturated heterocycles. The zero-order valence-corrected chi connectivity index (χ0v) is 12.6. The van der Waals surface area contributed by atoms with Crippen LogP contribution >= 0.6 is 0 Å². The Morgan fingerprint density at radius 2 is 1.95 bits per heavy atom. The summed E-state index contributed by atoms with van der Waals surface area (Å²) in [5, 5.41) is 11.0. The molecule has 5 nitrogen and oxygen atoms in total. The van der Waals surface area contributed by atoms with Gasteiger partial charge in [0.05, 0.1) is 6.04 Å². The fraction of sp³-hybridized carbons (Fsp3) is 0.312. The molecule has 5 N–H and O–H groups in total. The lowest BCUT2D eigenvalue weighted by Gasteiger charge is -2.25. The topological polar surface area (TPSA) is 79.7 Å². The fourth-order valence-electron chi connectivity index (χ4n) is 2.48. The summed E-state index contributed by atoms with van der Waals surface area (Å²) < 4.78 is 0. The van der Waals surface area contributed by atoms with E-state index in [2.05, 4.69) is 53.7 Å². The Morgan fingerprint density at radius 3 is 2.67 bits per heavy atom. The molecular formula is C16H23N5. The fourth-order valence-corrected chi connectivity index (χ4v) is 2.48. The molecule has 0 bridgehead atoms. The Balaban J connectivity index is 2.36. The van der Waals surface area contributed by atoms with Crippen molar-refractivity contribution >= 4 is 17.1 Å². The maximum absolute atomic E-state index is 6.00. The van der Waals surface area contributed by atoms with Crippen molar-refractivity contribution in [1.82, 2.24) is 10.4 Å². The van der Waals surface area contributed by atoms with Gasteiger partial charge in [0, 0.05) is 0 Å². The first-order chi connectivity index (χ1) is 10.2. The van der Waals surface area contributed by atoms with Crippen molar-refractivity contribution in [2.75, 3.05) is 13.6 Å². The Bertz CT molecular complexity index is 623. The summed E-state index contributed by atoms with van der Waals surface area (Å²) in [7, 11) is 1.92. The molecule has 2 aromatic rings. The molecule has 0 aromatic heterocycles. The Morgan fingerprint density at radius 1 is 1.24 bits per heavy atom. The second kappa shape index (κ2) is 7.06. The predicted octanol–water partition coefficient (Wildman–Crippen LogP) is 1.88. The Hall–Kier alpha value is -2.11. The third-order valence-electron chi connectivity index (χ3n) is 3.59. The largest absolute Gasteiger partial charge is 0.388 e. The molecule has 0 radical (unpaired) electrons. The van der Waals surface area contributed by atoms with E-state index in [9.17, 15) is 0 Å². The van der Waals surface area contributed by atoms with Gasteiger partial charge >= 0.3 is 0 Å². The quantitative estimate of drug-likeness (QED) is 0.328. The normalized spacial score (nSPS) is 12.9. The van der Waals surface area contributed by atoms with Gasteiger partial charge in [0.1, 0.15) is 6.34 Å². The van der Waals surface area contributed by atoms with Gasteiger partial charge in [-0.2, -0.15) is 5.10 Å². The van der Waals surface area contributed by atoms with Gasteiger partial charge < -0.3 is 11.1 Å². The molecule has 2 aromatic carbocycles. The number of fused-ring (bicyclic) bond motifs is 1. The number of hydrazine groups is 1. The van der Waals surface area contributed by atoms with E-state index in [4.69, 9.17) is 11.6 Å². The summed E-state index contributed by atoms with van der Waals surface area (Å²) in [5.41, 5.74) is 7.75. The molecule has 0 saturated carbocycles. The van der Waals surface area contributed by atoms with Crippen LogP contribution in [0.15, 0.2) is 41.5 Å². The van der Waals surface area contributed by atoms with Gasteiger partial charge in [0.25, 0.3) is 0 Å². The summed E-state index contributed by atoms with van der Waals surface area (Å²) >= 11 is 0. The summed E-state index contributed by atoms with van der Waals surface area (Å²) in [6.45, 7) is 2.95. The molecule has 0 spiro atoms. The summed E-state index contributed by atoms with van der Waals surface area (Å²) in [6.07, 6.45) is 2.07. The molecule has 0 fully saturated rings. The average molecular weight is 285 g/mol. The van der Waals surface area contributed by atoms with Crippen LogP contribution in [-0.4, -0.2) is 25.0 Å². The van der Waals surface area contributed by atoms with Crippen LogP contribution in [0.1, 0.15) is 23.6 Å². The van der Waals surface area contributed by atoms with Crippen molar-refractivity contribution in [3.05, 3.63) is 47.5 Å². The van der Waals surface area contributed by atoms with E-state index in [0.717, 1.165) is 18.5 Å². The SMILES string of the molecule is CNCCC(c1ccc2cc(C)ccc2c1)N(N)/N=C\N. The molecule has 5 heteroatoms. The van der Waals surface area contributed by atoms with Crippen LogP contribution in [0.5, 0.6) is 0 Å². The van der Waals surface area contributed by atoms with Gasteiger partial charge in [-0.1, -0.05) is 35.9 Å². The second-order valence-electron chi connectivity index (χ2n) is 5.16. The predicted molar refractivity (Wildman–Crippen MR) is 88.7 cm³/mol. The smallest absolute Gasteiger partial charge is 0.107 e. The number of hydrogen-bond acceptors (Lipinski definition) is 4. The maximum atomic E-state index is 6.00.